The molecule has 21 heavy (non-hydrogen) atoms. The highest BCUT2D eigenvalue weighted by Gasteiger charge is 2.18. The molecule has 1 N–H and O–H groups in total. The summed E-state index contributed by atoms with van der Waals surface area (Å²) >= 11 is 5.92. The molecule has 0 spiro atoms. The van der Waals surface area contributed by atoms with E-state index in [9.17, 15) is 13.2 Å². The predicted molar refractivity (Wildman–Crippen MR) is 83.4 cm³/mol. The van der Waals surface area contributed by atoms with Crippen LogP contribution in [0.3, 0.4) is 0 Å². The number of nitrogens with one attached hydrogen (secondary N) is 1. The average molecular weight is 324 g/mol. The zero-order valence-corrected chi connectivity index (χ0v) is 13.1. The van der Waals surface area contributed by atoms with Gasteiger partial charge in [-0.1, -0.05) is 35.9 Å². The number of halogens is 1. The lowest BCUT2D eigenvalue weighted by atomic mass is 10.1. The van der Waals surface area contributed by atoms with Crippen molar-refractivity contribution in [2.45, 2.75) is 18.7 Å². The van der Waals surface area contributed by atoms with E-state index in [-0.39, 0.29) is 15.7 Å². The highest BCUT2D eigenvalue weighted by atomic mass is 35.5. The van der Waals surface area contributed by atoms with E-state index in [4.69, 9.17) is 11.6 Å². The molecule has 0 aliphatic heterocycles. The van der Waals surface area contributed by atoms with Crippen molar-refractivity contribution in [1.29, 1.82) is 0 Å². The minimum absolute atomic E-state index is 0.000653. The van der Waals surface area contributed by atoms with Gasteiger partial charge in [-0.2, -0.15) is 0 Å². The molecule has 0 aromatic heterocycles. The van der Waals surface area contributed by atoms with E-state index in [1.165, 1.54) is 25.1 Å². The molecular formula is C15H14ClNO3S. The molecule has 2 aromatic carbocycles. The molecule has 0 radical (unpaired) electrons. The number of anilines is 1. The average Bonchev–Trinajstić information content (AvgIpc) is 2.41. The fourth-order valence-electron chi connectivity index (χ4n) is 1.81. The quantitative estimate of drug-likeness (QED) is 0.873. The summed E-state index contributed by atoms with van der Waals surface area (Å²) in [6.45, 7) is 3.19. The van der Waals surface area contributed by atoms with Gasteiger partial charge < -0.3 is 0 Å². The summed E-state index contributed by atoms with van der Waals surface area (Å²) in [4.78, 5) is 11.4. The van der Waals surface area contributed by atoms with Crippen LogP contribution < -0.4 is 4.72 Å². The molecule has 0 unspecified atom stereocenters. The molecule has 4 nitrogen and oxygen atoms in total. The summed E-state index contributed by atoms with van der Waals surface area (Å²) in [5.41, 5.74) is 1.52. The van der Waals surface area contributed by atoms with Crippen molar-refractivity contribution in [3.8, 4) is 0 Å². The lowest BCUT2D eigenvalue weighted by molar-refractivity contribution is 0.101. The first-order valence-electron chi connectivity index (χ1n) is 6.20. The highest BCUT2D eigenvalue weighted by molar-refractivity contribution is 7.92. The fourth-order valence-corrected chi connectivity index (χ4v) is 3.46. The van der Waals surface area contributed by atoms with E-state index < -0.39 is 10.0 Å². The van der Waals surface area contributed by atoms with Crippen LogP contribution in [-0.4, -0.2) is 14.2 Å². The third kappa shape index (κ3) is 3.43. The minimum atomic E-state index is -3.80. The number of Topliss-reactive ketones (excluding diaryl/α,β-unsaturated/α-hetero) is 1. The Labute approximate surface area is 128 Å². The molecule has 6 heteroatoms. The van der Waals surface area contributed by atoms with Gasteiger partial charge >= 0.3 is 0 Å². The topological polar surface area (TPSA) is 63.2 Å². The van der Waals surface area contributed by atoms with Gasteiger partial charge in [-0.05, 0) is 37.6 Å². The molecule has 0 aliphatic rings. The predicted octanol–water partition coefficient (Wildman–Crippen LogP) is 3.65. The Balaban J connectivity index is 2.44. The second kappa shape index (κ2) is 5.87. The van der Waals surface area contributed by atoms with Crippen LogP contribution in [0.1, 0.15) is 22.8 Å². The zero-order chi connectivity index (χ0) is 15.6. The van der Waals surface area contributed by atoms with Crippen LogP contribution in [0.5, 0.6) is 0 Å². The maximum atomic E-state index is 12.4. The molecular weight excluding hydrogens is 310 g/mol. The number of carbonyl (C=O) groups excluding carboxylic acids is 1. The first-order valence-corrected chi connectivity index (χ1v) is 8.06. The van der Waals surface area contributed by atoms with Crippen LogP contribution in [0.15, 0.2) is 47.4 Å². The van der Waals surface area contributed by atoms with Crippen molar-refractivity contribution in [1.82, 2.24) is 0 Å². The molecule has 110 valence electrons. The molecule has 0 aliphatic carbocycles. The zero-order valence-electron chi connectivity index (χ0n) is 11.6. The van der Waals surface area contributed by atoms with E-state index in [0.717, 1.165) is 5.56 Å². The van der Waals surface area contributed by atoms with Crippen LogP contribution in [0.4, 0.5) is 5.69 Å². The molecule has 0 saturated heterocycles. The maximum Gasteiger partial charge on any atom is 0.263 e. The van der Waals surface area contributed by atoms with Gasteiger partial charge in [-0.15, -0.1) is 0 Å². The third-order valence-corrected chi connectivity index (χ3v) is 4.88. The summed E-state index contributed by atoms with van der Waals surface area (Å²) in [7, 11) is -3.80. The largest absolute Gasteiger partial charge is 0.295 e. The molecule has 0 fully saturated rings. The Morgan fingerprint density at radius 3 is 2.43 bits per heavy atom. The number of rotatable bonds is 4. The first-order chi connectivity index (χ1) is 9.81. The monoisotopic (exact) mass is 323 g/mol. The summed E-state index contributed by atoms with van der Waals surface area (Å²) < 4.78 is 27.2. The van der Waals surface area contributed by atoms with E-state index in [2.05, 4.69) is 4.72 Å². The number of benzene rings is 2. The smallest absolute Gasteiger partial charge is 0.263 e. The summed E-state index contributed by atoms with van der Waals surface area (Å²) in [5, 5.41) is 0.144. The van der Waals surface area contributed by atoms with Crippen molar-refractivity contribution in [3.05, 3.63) is 58.6 Å². The summed E-state index contributed by atoms with van der Waals surface area (Å²) in [6, 6.07) is 11.1. The Morgan fingerprint density at radius 1 is 1.14 bits per heavy atom. The van der Waals surface area contributed by atoms with Gasteiger partial charge in [-0.25, -0.2) is 8.42 Å². The first kappa shape index (κ1) is 15.5. The van der Waals surface area contributed by atoms with Crippen molar-refractivity contribution in [2.75, 3.05) is 4.72 Å². The molecule has 0 amide bonds. The molecule has 2 aromatic rings. The van der Waals surface area contributed by atoms with Gasteiger partial charge in [0.25, 0.3) is 10.0 Å². The Kier molecular flexibility index (Phi) is 4.34. The van der Waals surface area contributed by atoms with Gasteiger partial charge in [0.05, 0.1) is 10.7 Å². The van der Waals surface area contributed by atoms with E-state index in [1.54, 1.807) is 31.2 Å². The van der Waals surface area contributed by atoms with Crippen LogP contribution in [0.2, 0.25) is 5.02 Å². The van der Waals surface area contributed by atoms with Crippen LogP contribution in [0, 0.1) is 6.92 Å². The number of carbonyl (C=O) groups is 1. The number of aryl methyl sites for hydroxylation is 1. The SMILES string of the molecule is CC(=O)c1ccc(C)c(NS(=O)(=O)c2ccccc2Cl)c1. The van der Waals surface area contributed by atoms with E-state index in [1.807, 2.05) is 0 Å². The Bertz CT molecular complexity index is 800. The lowest BCUT2D eigenvalue weighted by Gasteiger charge is -2.12. The Hall–Kier alpha value is -1.85. The lowest BCUT2D eigenvalue weighted by Crippen LogP contribution is -2.14. The van der Waals surface area contributed by atoms with E-state index in [0.29, 0.717) is 11.3 Å². The molecule has 0 saturated carbocycles. The highest BCUT2D eigenvalue weighted by Crippen LogP contribution is 2.25. The van der Waals surface area contributed by atoms with Crippen molar-refractivity contribution < 1.29 is 13.2 Å². The second-order valence-corrected chi connectivity index (χ2v) is 6.68. The van der Waals surface area contributed by atoms with Crippen LogP contribution in [0.25, 0.3) is 0 Å². The van der Waals surface area contributed by atoms with Gasteiger partial charge in [-0.3, -0.25) is 9.52 Å². The third-order valence-electron chi connectivity index (χ3n) is 3.01. The minimum Gasteiger partial charge on any atom is -0.295 e. The molecule has 0 bridgehead atoms. The maximum absolute atomic E-state index is 12.4. The number of ketones is 1. The Morgan fingerprint density at radius 2 is 1.81 bits per heavy atom. The van der Waals surface area contributed by atoms with Crippen molar-refractivity contribution in [3.63, 3.8) is 0 Å². The standard InChI is InChI=1S/C15H14ClNO3S/c1-10-7-8-12(11(2)18)9-14(10)17-21(19,20)15-6-4-3-5-13(15)16/h3-9,17H,1-2H3. The molecule has 0 atom stereocenters. The second-order valence-electron chi connectivity index (χ2n) is 4.62. The van der Waals surface area contributed by atoms with Crippen LogP contribution >= 0.6 is 11.6 Å². The molecule has 2 rings (SSSR count). The van der Waals surface area contributed by atoms with Gasteiger partial charge in [0, 0.05) is 5.56 Å². The van der Waals surface area contributed by atoms with Crippen molar-refractivity contribution in [2.24, 2.45) is 0 Å². The van der Waals surface area contributed by atoms with Crippen LogP contribution in [-0.2, 0) is 10.0 Å². The van der Waals surface area contributed by atoms with Gasteiger partial charge in [0.1, 0.15) is 4.90 Å². The summed E-state index contributed by atoms with van der Waals surface area (Å²) in [6.07, 6.45) is 0. The number of hydrogen-bond acceptors (Lipinski definition) is 3. The number of hydrogen-bond donors (Lipinski definition) is 1. The van der Waals surface area contributed by atoms with Gasteiger partial charge in [0.2, 0.25) is 0 Å². The number of sulfonamides is 1. The normalized spacial score (nSPS) is 11.2. The van der Waals surface area contributed by atoms with E-state index >= 15 is 0 Å². The fraction of sp³-hybridized carbons (Fsp3) is 0.133. The molecule has 0 heterocycles. The van der Waals surface area contributed by atoms with Gasteiger partial charge in [0.15, 0.2) is 5.78 Å². The summed E-state index contributed by atoms with van der Waals surface area (Å²) in [5.74, 6) is -0.131. The van der Waals surface area contributed by atoms with Crippen molar-refractivity contribution >= 4 is 33.1 Å².